The standard InChI is InChI=1S/C12H15N3O5S.C3H8.2CH4O/c13-3-10(17)19-6-8-1-2-9(20-8)15-4-7(5-16)11(18)14-12(15)21;1-3-2;2*1-2/h4-5,8-9H,1-3,6,13H2,(H,14,18,21);3H2,1-2H3;2*2H,1H3. The molecule has 0 spiro atoms. The molecule has 0 saturated carbocycles. The number of aromatic amines is 1. The average Bonchev–Trinajstić information content (AvgIpc) is 3.18. The zero-order valence-electron chi connectivity index (χ0n) is 16.7. The molecule has 1 aromatic rings. The summed E-state index contributed by atoms with van der Waals surface area (Å²) in [5.41, 5.74) is 4.59. The second-order valence-corrected chi connectivity index (χ2v) is 5.64. The van der Waals surface area contributed by atoms with Crippen LogP contribution in [0.15, 0.2) is 11.0 Å². The minimum atomic E-state index is -0.530. The molecule has 11 heteroatoms. The number of hydrogen-bond donors (Lipinski definition) is 4. The van der Waals surface area contributed by atoms with Crippen LogP contribution in [0.5, 0.6) is 0 Å². The zero-order valence-corrected chi connectivity index (χ0v) is 17.5. The van der Waals surface area contributed by atoms with E-state index >= 15 is 0 Å². The minimum absolute atomic E-state index is 0.0230. The lowest BCUT2D eigenvalue weighted by molar-refractivity contribution is -0.146. The van der Waals surface area contributed by atoms with E-state index in [1.807, 2.05) is 0 Å². The summed E-state index contributed by atoms with van der Waals surface area (Å²) in [4.78, 5) is 35.6. The maximum Gasteiger partial charge on any atom is 0.319 e. The fourth-order valence-electron chi connectivity index (χ4n) is 2.06. The fraction of sp³-hybridized carbons (Fsp3) is 0.647. The molecule has 2 atom stereocenters. The highest BCUT2D eigenvalue weighted by molar-refractivity contribution is 7.71. The van der Waals surface area contributed by atoms with Gasteiger partial charge >= 0.3 is 5.97 Å². The molecule has 1 aromatic heterocycles. The number of esters is 1. The number of rotatable bonds is 5. The summed E-state index contributed by atoms with van der Waals surface area (Å²) < 4.78 is 12.3. The number of aromatic nitrogens is 2. The van der Waals surface area contributed by atoms with Gasteiger partial charge in [-0.1, -0.05) is 20.3 Å². The molecule has 5 N–H and O–H groups in total. The van der Waals surface area contributed by atoms with Crippen LogP contribution in [0.1, 0.15) is 49.7 Å². The summed E-state index contributed by atoms with van der Waals surface area (Å²) >= 11 is 5.06. The second kappa shape index (κ2) is 17.2. The molecule has 0 bridgehead atoms. The van der Waals surface area contributed by atoms with Gasteiger partial charge in [0.05, 0.1) is 18.2 Å². The normalized spacial score (nSPS) is 17.0. The number of aliphatic hydroxyl groups is 2. The van der Waals surface area contributed by atoms with E-state index in [1.165, 1.54) is 17.2 Å². The summed E-state index contributed by atoms with van der Waals surface area (Å²) in [7, 11) is 2.00. The van der Waals surface area contributed by atoms with Gasteiger partial charge in [0, 0.05) is 20.4 Å². The lowest BCUT2D eigenvalue weighted by Crippen LogP contribution is -2.24. The van der Waals surface area contributed by atoms with Crippen molar-refractivity contribution in [1.29, 1.82) is 0 Å². The number of ether oxygens (including phenoxy) is 2. The lowest BCUT2D eigenvalue weighted by Gasteiger charge is -2.17. The monoisotopic (exact) mass is 421 g/mol. The summed E-state index contributed by atoms with van der Waals surface area (Å²) in [5.74, 6) is -0.494. The van der Waals surface area contributed by atoms with Gasteiger partial charge in [0.1, 0.15) is 12.8 Å². The minimum Gasteiger partial charge on any atom is -0.462 e. The molecule has 1 fully saturated rings. The predicted octanol–water partition coefficient (Wildman–Crippen LogP) is 0.531. The van der Waals surface area contributed by atoms with Crippen LogP contribution >= 0.6 is 12.2 Å². The predicted molar refractivity (Wildman–Crippen MR) is 107 cm³/mol. The fourth-order valence-corrected chi connectivity index (χ4v) is 2.32. The first-order chi connectivity index (χ1) is 13.5. The molecule has 0 aromatic carbocycles. The Balaban J connectivity index is 0. The Kier molecular flexibility index (Phi) is 17.4. The van der Waals surface area contributed by atoms with Gasteiger partial charge in [0.15, 0.2) is 11.1 Å². The quantitative estimate of drug-likeness (QED) is 0.302. The van der Waals surface area contributed by atoms with Gasteiger partial charge in [0.2, 0.25) is 0 Å². The Hall–Kier alpha value is -1.92. The Labute approximate surface area is 169 Å². The first-order valence-electron chi connectivity index (χ1n) is 8.67. The number of carbonyl (C=O) groups excluding carboxylic acids is 2. The number of hydrogen-bond acceptors (Lipinski definition) is 9. The van der Waals surface area contributed by atoms with Gasteiger partial charge < -0.3 is 25.4 Å². The van der Waals surface area contributed by atoms with Crippen molar-refractivity contribution in [1.82, 2.24) is 9.55 Å². The Morgan fingerprint density at radius 3 is 2.46 bits per heavy atom. The van der Waals surface area contributed by atoms with Crippen molar-refractivity contribution in [2.24, 2.45) is 5.73 Å². The Morgan fingerprint density at radius 2 is 1.96 bits per heavy atom. The van der Waals surface area contributed by atoms with Gasteiger partial charge in [-0.2, -0.15) is 0 Å². The number of aldehydes is 1. The average molecular weight is 422 g/mol. The van der Waals surface area contributed by atoms with Gasteiger partial charge in [-0.3, -0.25) is 23.9 Å². The largest absolute Gasteiger partial charge is 0.462 e. The van der Waals surface area contributed by atoms with E-state index in [9.17, 15) is 14.4 Å². The van der Waals surface area contributed by atoms with Crippen molar-refractivity contribution in [3.05, 3.63) is 26.9 Å². The van der Waals surface area contributed by atoms with Crippen LogP contribution in [-0.4, -0.2) is 65.5 Å². The number of aliphatic hydroxyl groups excluding tert-OH is 2. The number of nitrogens with two attached hydrogens (primary N) is 1. The highest BCUT2D eigenvalue weighted by Gasteiger charge is 2.28. The van der Waals surface area contributed by atoms with Gasteiger partial charge in [-0.25, -0.2) is 0 Å². The molecular formula is C17H31N3O7S. The number of nitrogens with one attached hydrogen (secondary N) is 1. The third kappa shape index (κ3) is 9.85. The second-order valence-electron chi connectivity index (χ2n) is 5.25. The molecule has 28 heavy (non-hydrogen) atoms. The van der Waals surface area contributed by atoms with E-state index in [-0.39, 0.29) is 29.6 Å². The Bertz CT molecular complexity index is 675. The van der Waals surface area contributed by atoms with E-state index in [2.05, 4.69) is 18.8 Å². The summed E-state index contributed by atoms with van der Waals surface area (Å²) in [5, 5.41) is 14.0. The van der Waals surface area contributed by atoms with Crippen LogP contribution in [0.25, 0.3) is 0 Å². The molecule has 10 nitrogen and oxygen atoms in total. The van der Waals surface area contributed by atoms with E-state index in [0.29, 0.717) is 19.1 Å². The van der Waals surface area contributed by atoms with Crippen LogP contribution in [-0.2, 0) is 14.3 Å². The van der Waals surface area contributed by atoms with Gasteiger partial charge in [-0.15, -0.1) is 0 Å². The lowest BCUT2D eigenvalue weighted by atomic mass is 10.2. The third-order valence-electron chi connectivity index (χ3n) is 3.11. The summed E-state index contributed by atoms with van der Waals surface area (Å²) in [6.45, 7) is 4.19. The number of H-pyrrole nitrogens is 1. The van der Waals surface area contributed by atoms with Crippen molar-refractivity contribution in [2.75, 3.05) is 27.4 Å². The van der Waals surface area contributed by atoms with E-state index in [4.69, 9.17) is 37.6 Å². The van der Waals surface area contributed by atoms with Crippen molar-refractivity contribution in [3.63, 3.8) is 0 Å². The van der Waals surface area contributed by atoms with Crippen molar-refractivity contribution < 1.29 is 29.3 Å². The maximum absolute atomic E-state index is 11.4. The summed E-state index contributed by atoms with van der Waals surface area (Å²) in [6, 6.07) is 0. The molecule has 162 valence electrons. The molecule has 0 radical (unpaired) electrons. The topological polar surface area (TPSA) is 157 Å². The van der Waals surface area contributed by atoms with Crippen molar-refractivity contribution in [3.8, 4) is 0 Å². The molecular weight excluding hydrogens is 390 g/mol. The Morgan fingerprint density at radius 1 is 1.39 bits per heavy atom. The number of carbonyl (C=O) groups is 2. The van der Waals surface area contributed by atoms with Gasteiger partial charge in [0.25, 0.3) is 5.56 Å². The SMILES string of the molecule is CCC.CO.CO.NCC(=O)OCC1CCC(n2cc(C=O)c(=O)[nH]c2=S)O1. The van der Waals surface area contributed by atoms with Crippen LogP contribution in [0.4, 0.5) is 0 Å². The molecule has 2 heterocycles. The number of nitrogens with zero attached hydrogens (tertiary/aromatic N) is 1. The van der Waals surface area contributed by atoms with Crippen molar-refractivity contribution in [2.45, 2.75) is 45.4 Å². The van der Waals surface area contributed by atoms with Crippen LogP contribution in [0, 0.1) is 4.77 Å². The highest BCUT2D eigenvalue weighted by Crippen LogP contribution is 2.28. The van der Waals surface area contributed by atoms with Crippen LogP contribution in [0.3, 0.4) is 0 Å². The first-order valence-corrected chi connectivity index (χ1v) is 9.08. The summed E-state index contributed by atoms with van der Waals surface area (Å²) in [6.07, 6.45) is 3.70. The molecule has 1 aliphatic heterocycles. The van der Waals surface area contributed by atoms with Crippen LogP contribution < -0.4 is 11.3 Å². The van der Waals surface area contributed by atoms with Crippen LogP contribution in [0.2, 0.25) is 0 Å². The van der Waals surface area contributed by atoms with Crippen molar-refractivity contribution >= 4 is 24.5 Å². The molecule has 1 aliphatic rings. The molecule has 2 unspecified atom stereocenters. The molecule has 2 rings (SSSR count). The van der Waals surface area contributed by atoms with E-state index in [0.717, 1.165) is 14.2 Å². The first kappa shape index (κ1) is 28.3. The smallest absolute Gasteiger partial charge is 0.319 e. The molecule has 0 amide bonds. The maximum atomic E-state index is 11.4. The van der Waals surface area contributed by atoms with Gasteiger partial charge in [-0.05, 0) is 25.1 Å². The van der Waals surface area contributed by atoms with E-state index < -0.39 is 17.8 Å². The third-order valence-corrected chi connectivity index (χ3v) is 3.43. The van der Waals surface area contributed by atoms with E-state index in [1.54, 1.807) is 0 Å². The molecule has 0 aliphatic carbocycles. The zero-order chi connectivity index (χ0) is 22.1. The molecule has 1 saturated heterocycles. The highest BCUT2D eigenvalue weighted by atomic mass is 32.1.